The van der Waals surface area contributed by atoms with Gasteiger partial charge in [-0.15, -0.1) is 0 Å². The van der Waals surface area contributed by atoms with Crippen LogP contribution >= 0.6 is 27.7 Å². The number of nitrogen functional groups attached to an aromatic ring is 1. The van der Waals surface area contributed by atoms with Crippen LogP contribution in [0.25, 0.3) is 0 Å². The molecule has 1 atom stereocenters. The zero-order valence-electron chi connectivity index (χ0n) is 10.2. The summed E-state index contributed by atoms with van der Waals surface area (Å²) in [4.78, 5) is 18.9. The second-order valence-corrected chi connectivity index (χ2v) is 5.97. The molecule has 0 saturated carbocycles. The van der Waals surface area contributed by atoms with E-state index in [2.05, 4.69) is 25.9 Å². The van der Waals surface area contributed by atoms with Gasteiger partial charge in [-0.3, -0.25) is 4.79 Å². The smallest absolute Gasteiger partial charge is 0.253 e. The van der Waals surface area contributed by atoms with Crippen LogP contribution in [0.15, 0.2) is 43.6 Å². The Hall–Kier alpha value is -1.31. The number of anilines is 1. The van der Waals surface area contributed by atoms with Crippen LogP contribution in [0.5, 0.6) is 0 Å². The number of H-pyrrole nitrogens is 1. The first-order chi connectivity index (χ1) is 8.95. The third kappa shape index (κ3) is 3.59. The van der Waals surface area contributed by atoms with Crippen LogP contribution in [0.1, 0.15) is 18.5 Å². The summed E-state index contributed by atoms with van der Waals surface area (Å²) in [7, 11) is 0. The quantitative estimate of drug-likeness (QED) is 0.744. The fourth-order valence-electron chi connectivity index (χ4n) is 1.55. The number of hydrogen-bond donors (Lipinski definition) is 3. The van der Waals surface area contributed by atoms with Gasteiger partial charge in [-0.1, -0.05) is 33.8 Å². The highest BCUT2D eigenvalue weighted by atomic mass is 79.9. The highest BCUT2D eigenvalue weighted by Gasteiger charge is 2.08. The van der Waals surface area contributed by atoms with Crippen molar-refractivity contribution < 1.29 is 0 Å². The van der Waals surface area contributed by atoms with Crippen LogP contribution in [0.3, 0.4) is 0 Å². The number of aromatic amines is 1. The molecule has 0 aliphatic rings. The maximum atomic E-state index is 11.3. The van der Waals surface area contributed by atoms with E-state index in [9.17, 15) is 4.79 Å². The number of benzene rings is 1. The zero-order valence-corrected chi connectivity index (χ0v) is 12.6. The fraction of sp³-hybridized carbons (Fsp3) is 0.167. The van der Waals surface area contributed by atoms with Crippen LogP contribution in [0.4, 0.5) is 5.82 Å². The van der Waals surface area contributed by atoms with Crippen molar-refractivity contribution in [3.63, 3.8) is 0 Å². The number of halogens is 1. The molecule has 0 radical (unpaired) electrons. The Labute approximate surface area is 122 Å². The lowest BCUT2D eigenvalue weighted by atomic mass is 10.1. The van der Waals surface area contributed by atoms with E-state index < -0.39 is 0 Å². The molecular formula is C12H13BrN4OS. The summed E-state index contributed by atoms with van der Waals surface area (Å²) >= 11 is 4.81. The summed E-state index contributed by atoms with van der Waals surface area (Å²) in [6.07, 6.45) is 0. The van der Waals surface area contributed by atoms with Gasteiger partial charge in [0.15, 0.2) is 5.16 Å². The minimum atomic E-state index is -0.263. The number of rotatable bonds is 3. The Morgan fingerprint density at radius 2 is 2.16 bits per heavy atom. The van der Waals surface area contributed by atoms with Crippen molar-refractivity contribution in [2.75, 3.05) is 5.73 Å². The third-order valence-corrected chi connectivity index (χ3v) is 3.98. The van der Waals surface area contributed by atoms with Gasteiger partial charge in [0.1, 0.15) is 5.82 Å². The summed E-state index contributed by atoms with van der Waals surface area (Å²) in [5.41, 5.74) is 12.1. The highest BCUT2D eigenvalue weighted by Crippen LogP contribution is 2.30. The second-order valence-electron chi connectivity index (χ2n) is 4.05. The summed E-state index contributed by atoms with van der Waals surface area (Å²) in [5, 5.41) is 0.463. The topological polar surface area (TPSA) is 97.8 Å². The molecule has 2 aromatic rings. The molecule has 0 spiro atoms. The van der Waals surface area contributed by atoms with E-state index in [1.807, 2.05) is 25.1 Å². The molecule has 7 heteroatoms. The molecule has 1 aromatic heterocycles. The molecule has 5 N–H and O–H groups in total. The van der Waals surface area contributed by atoms with Gasteiger partial charge in [-0.05, 0) is 24.6 Å². The Kier molecular flexibility index (Phi) is 4.28. The van der Waals surface area contributed by atoms with Gasteiger partial charge in [0.2, 0.25) is 0 Å². The monoisotopic (exact) mass is 340 g/mol. The molecule has 2 rings (SSSR count). The van der Waals surface area contributed by atoms with Crippen molar-refractivity contribution in [1.29, 1.82) is 0 Å². The predicted molar refractivity (Wildman–Crippen MR) is 80.1 cm³/mol. The van der Waals surface area contributed by atoms with E-state index in [1.54, 1.807) is 0 Å². The lowest BCUT2D eigenvalue weighted by Crippen LogP contribution is -2.09. The molecule has 0 amide bonds. The molecule has 0 aliphatic carbocycles. The maximum absolute atomic E-state index is 11.3. The van der Waals surface area contributed by atoms with Crippen molar-refractivity contribution in [3.05, 3.63) is 44.7 Å². The Bertz CT molecular complexity index is 656. The molecule has 0 saturated heterocycles. The van der Waals surface area contributed by atoms with E-state index in [0.717, 1.165) is 14.9 Å². The van der Waals surface area contributed by atoms with E-state index in [-0.39, 0.29) is 17.4 Å². The van der Waals surface area contributed by atoms with Crippen molar-refractivity contribution in [3.8, 4) is 0 Å². The van der Waals surface area contributed by atoms with Gasteiger partial charge >= 0.3 is 0 Å². The largest absolute Gasteiger partial charge is 0.383 e. The van der Waals surface area contributed by atoms with Crippen LogP contribution in [-0.2, 0) is 0 Å². The van der Waals surface area contributed by atoms with Crippen LogP contribution in [-0.4, -0.2) is 9.97 Å². The van der Waals surface area contributed by atoms with Gasteiger partial charge in [0, 0.05) is 21.5 Å². The van der Waals surface area contributed by atoms with Crippen molar-refractivity contribution in [1.82, 2.24) is 9.97 Å². The van der Waals surface area contributed by atoms with Gasteiger partial charge < -0.3 is 16.5 Å². The summed E-state index contributed by atoms with van der Waals surface area (Å²) in [6, 6.07) is 7.02. The predicted octanol–water partition coefficient (Wildman–Crippen LogP) is 2.29. The molecular weight excluding hydrogens is 328 g/mol. The van der Waals surface area contributed by atoms with E-state index in [0.29, 0.717) is 5.16 Å². The zero-order chi connectivity index (χ0) is 14.0. The lowest BCUT2D eigenvalue weighted by Gasteiger charge is -2.09. The van der Waals surface area contributed by atoms with Gasteiger partial charge in [0.25, 0.3) is 5.56 Å². The van der Waals surface area contributed by atoms with E-state index in [1.165, 1.54) is 17.8 Å². The molecule has 1 heterocycles. The summed E-state index contributed by atoms with van der Waals surface area (Å²) in [6.45, 7) is 1.92. The molecule has 0 unspecified atom stereocenters. The number of aromatic nitrogens is 2. The summed E-state index contributed by atoms with van der Waals surface area (Å²) < 4.78 is 0.929. The minimum absolute atomic E-state index is 0.0428. The first-order valence-corrected chi connectivity index (χ1v) is 7.16. The second kappa shape index (κ2) is 5.77. The fourth-order valence-corrected chi connectivity index (χ4v) is 3.28. The van der Waals surface area contributed by atoms with E-state index >= 15 is 0 Å². The lowest BCUT2D eigenvalue weighted by molar-refractivity contribution is 0.811. The maximum Gasteiger partial charge on any atom is 0.253 e. The Morgan fingerprint density at radius 3 is 2.74 bits per heavy atom. The molecule has 5 nitrogen and oxygen atoms in total. The van der Waals surface area contributed by atoms with Crippen LogP contribution in [0.2, 0.25) is 0 Å². The van der Waals surface area contributed by atoms with Crippen molar-refractivity contribution in [2.24, 2.45) is 5.73 Å². The van der Waals surface area contributed by atoms with Crippen LogP contribution < -0.4 is 17.0 Å². The SMILES string of the molecule is C[C@H](N)c1ccc(Sc2nc(N)cc(=O)[nH]2)cc1Br. The number of nitrogens with two attached hydrogens (primary N) is 2. The first kappa shape index (κ1) is 14.1. The molecule has 0 aliphatic heterocycles. The molecule has 0 bridgehead atoms. The Balaban J connectivity index is 2.29. The average Bonchev–Trinajstić information content (AvgIpc) is 2.26. The number of nitrogens with zero attached hydrogens (tertiary/aromatic N) is 1. The summed E-state index contributed by atoms with van der Waals surface area (Å²) in [5.74, 6) is 0.206. The highest BCUT2D eigenvalue weighted by molar-refractivity contribution is 9.10. The third-order valence-electron chi connectivity index (χ3n) is 2.42. The van der Waals surface area contributed by atoms with Gasteiger partial charge in [-0.2, -0.15) is 0 Å². The normalized spacial score (nSPS) is 12.4. The first-order valence-electron chi connectivity index (χ1n) is 5.55. The average molecular weight is 341 g/mol. The minimum Gasteiger partial charge on any atom is -0.383 e. The number of nitrogens with one attached hydrogen (secondary N) is 1. The molecule has 19 heavy (non-hydrogen) atoms. The van der Waals surface area contributed by atoms with Gasteiger partial charge in [-0.25, -0.2) is 4.98 Å². The number of hydrogen-bond acceptors (Lipinski definition) is 5. The van der Waals surface area contributed by atoms with Crippen molar-refractivity contribution >= 4 is 33.5 Å². The van der Waals surface area contributed by atoms with Crippen LogP contribution in [0, 0.1) is 0 Å². The Morgan fingerprint density at radius 1 is 1.42 bits per heavy atom. The standard InChI is InChI=1S/C12H13BrN4OS/c1-6(14)8-3-2-7(4-9(8)13)19-12-16-10(15)5-11(18)17-12/h2-6H,14H2,1H3,(H3,15,16,17,18)/t6-/m0/s1. The molecule has 100 valence electrons. The van der Waals surface area contributed by atoms with E-state index in [4.69, 9.17) is 11.5 Å². The van der Waals surface area contributed by atoms with Gasteiger partial charge in [0.05, 0.1) is 0 Å². The molecule has 1 aromatic carbocycles. The molecule has 0 fully saturated rings. The van der Waals surface area contributed by atoms with Crippen molar-refractivity contribution in [2.45, 2.75) is 23.0 Å².